The molecule has 0 radical (unpaired) electrons. The summed E-state index contributed by atoms with van der Waals surface area (Å²) in [6.45, 7) is 5.35. The number of methoxy groups -OCH3 is 1. The Balaban J connectivity index is 1.83. The molecule has 0 atom stereocenters. The summed E-state index contributed by atoms with van der Waals surface area (Å²) in [7, 11) is 1.60. The summed E-state index contributed by atoms with van der Waals surface area (Å²) in [6.07, 6.45) is 0. The van der Waals surface area contributed by atoms with Gasteiger partial charge < -0.3 is 9.64 Å². The number of thioether (sulfide) groups is 1. The summed E-state index contributed by atoms with van der Waals surface area (Å²) in [5.74, 6) is 0.188. The van der Waals surface area contributed by atoms with Crippen molar-refractivity contribution < 1.29 is 9.53 Å². The number of benzene rings is 1. The zero-order valence-electron chi connectivity index (χ0n) is 16.2. The molecule has 3 rings (SSSR count). The van der Waals surface area contributed by atoms with Crippen molar-refractivity contribution in [2.24, 2.45) is 0 Å². The maximum absolute atomic E-state index is 12.9. The molecule has 2 heterocycles. The molecular weight excluding hydrogens is 394 g/mol. The molecule has 8 heteroatoms. The molecule has 28 heavy (non-hydrogen) atoms. The van der Waals surface area contributed by atoms with Crippen molar-refractivity contribution in [3.63, 3.8) is 0 Å². The Kier molecular flexibility index (Phi) is 6.88. The van der Waals surface area contributed by atoms with E-state index >= 15 is 0 Å². The van der Waals surface area contributed by atoms with Crippen molar-refractivity contribution >= 4 is 44.9 Å². The van der Waals surface area contributed by atoms with E-state index in [9.17, 15) is 9.59 Å². The normalized spacial score (nSPS) is 11.1. The number of amides is 1. The fourth-order valence-electron chi connectivity index (χ4n) is 2.92. The topological polar surface area (TPSA) is 64.4 Å². The third kappa shape index (κ3) is 4.45. The second kappa shape index (κ2) is 9.36. The van der Waals surface area contributed by atoms with Crippen LogP contribution in [0.5, 0.6) is 0 Å². The molecular formula is C20H23N3O3S2. The minimum Gasteiger partial charge on any atom is -0.383 e. The standard InChI is InChI=1S/C20H23N3O3S2/c1-4-22(15-7-5-6-14(2)12-15)17(24)13-28-20-21-16-8-11-27-18(16)19(25)23(20)9-10-26-3/h5-8,11-12H,4,9-10,13H2,1-3H3. The number of carbonyl (C=O) groups excluding carboxylic acids is 1. The number of aromatic nitrogens is 2. The Morgan fingerprint density at radius 1 is 1.36 bits per heavy atom. The second-order valence-electron chi connectivity index (χ2n) is 6.24. The number of aryl methyl sites for hydroxylation is 1. The SMILES string of the molecule is CCN(C(=O)CSc1nc2ccsc2c(=O)n1CCOC)c1cccc(C)c1. The number of carbonyl (C=O) groups is 1. The summed E-state index contributed by atoms with van der Waals surface area (Å²) in [5.41, 5.74) is 2.57. The monoisotopic (exact) mass is 417 g/mol. The Hall–Kier alpha value is -2.16. The van der Waals surface area contributed by atoms with E-state index in [0.29, 0.717) is 35.1 Å². The van der Waals surface area contributed by atoms with E-state index < -0.39 is 0 Å². The lowest BCUT2D eigenvalue weighted by Crippen LogP contribution is -2.32. The average Bonchev–Trinajstić information content (AvgIpc) is 3.15. The van der Waals surface area contributed by atoms with E-state index in [-0.39, 0.29) is 17.2 Å². The maximum atomic E-state index is 12.9. The van der Waals surface area contributed by atoms with Gasteiger partial charge in [-0.05, 0) is 43.0 Å². The van der Waals surface area contributed by atoms with Crippen molar-refractivity contribution in [2.45, 2.75) is 25.5 Å². The summed E-state index contributed by atoms with van der Waals surface area (Å²) < 4.78 is 7.36. The van der Waals surface area contributed by atoms with Crippen LogP contribution in [-0.2, 0) is 16.1 Å². The fraction of sp³-hybridized carbons (Fsp3) is 0.350. The number of hydrogen-bond acceptors (Lipinski definition) is 6. The smallest absolute Gasteiger partial charge is 0.272 e. The second-order valence-corrected chi connectivity index (χ2v) is 8.10. The van der Waals surface area contributed by atoms with Gasteiger partial charge in [0, 0.05) is 19.3 Å². The number of thiophene rings is 1. The highest BCUT2D eigenvalue weighted by Crippen LogP contribution is 2.23. The molecule has 2 aromatic heterocycles. The van der Waals surface area contributed by atoms with E-state index in [1.807, 2.05) is 49.6 Å². The van der Waals surface area contributed by atoms with Gasteiger partial charge in [0.2, 0.25) is 5.91 Å². The van der Waals surface area contributed by atoms with E-state index in [0.717, 1.165) is 11.3 Å². The van der Waals surface area contributed by atoms with Gasteiger partial charge in [-0.2, -0.15) is 0 Å². The van der Waals surface area contributed by atoms with Crippen molar-refractivity contribution in [3.8, 4) is 0 Å². The minimum absolute atomic E-state index is 0.0175. The molecule has 0 saturated carbocycles. The molecule has 0 fully saturated rings. The molecule has 148 valence electrons. The average molecular weight is 418 g/mol. The first kappa shape index (κ1) is 20.6. The number of fused-ring (bicyclic) bond motifs is 1. The van der Waals surface area contributed by atoms with Crippen LogP contribution in [-0.4, -0.2) is 41.5 Å². The van der Waals surface area contributed by atoms with Crippen LogP contribution in [0.2, 0.25) is 0 Å². The molecule has 0 spiro atoms. The molecule has 0 aliphatic carbocycles. The van der Waals surface area contributed by atoms with E-state index in [1.54, 1.807) is 16.6 Å². The molecule has 0 aliphatic rings. The third-order valence-electron chi connectivity index (χ3n) is 4.31. The lowest BCUT2D eigenvalue weighted by atomic mass is 10.2. The van der Waals surface area contributed by atoms with Crippen molar-refractivity contribution in [2.75, 3.05) is 30.9 Å². The van der Waals surface area contributed by atoms with Crippen molar-refractivity contribution in [1.29, 1.82) is 0 Å². The lowest BCUT2D eigenvalue weighted by Gasteiger charge is -2.21. The van der Waals surface area contributed by atoms with Gasteiger partial charge in [0.15, 0.2) is 5.16 Å². The van der Waals surface area contributed by atoms with Gasteiger partial charge in [0.25, 0.3) is 5.56 Å². The van der Waals surface area contributed by atoms with Gasteiger partial charge >= 0.3 is 0 Å². The highest BCUT2D eigenvalue weighted by atomic mass is 32.2. The fourth-order valence-corrected chi connectivity index (χ4v) is 4.60. The molecule has 0 saturated heterocycles. The molecule has 0 aliphatic heterocycles. The van der Waals surface area contributed by atoms with E-state index in [1.165, 1.54) is 23.1 Å². The predicted molar refractivity (Wildman–Crippen MR) is 116 cm³/mol. The zero-order valence-corrected chi connectivity index (χ0v) is 17.8. The number of nitrogens with zero attached hydrogens (tertiary/aromatic N) is 3. The summed E-state index contributed by atoms with van der Waals surface area (Å²) in [6, 6.07) is 9.71. The summed E-state index contributed by atoms with van der Waals surface area (Å²) >= 11 is 2.67. The molecule has 1 aromatic carbocycles. The maximum Gasteiger partial charge on any atom is 0.272 e. The number of rotatable bonds is 8. The molecule has 0 unspecified atom stereocenters. The van der Waals surface area contributed by atoms with E-state index in [2.05, 4.69) is 4.98 Å². The molecule has 0 bridgehead atoms. The van der Waals surface area contributed by atoms with Gasteiger partial charge in [-0.25, -0.2) is 4.98 Å². The van der Waals surface area contributed by atoms with Gasteiger partial charge in [-0.15, -0.1) is 11.3 Å². The first-order chi connectivity index (χ1) is 13.5. The van der Waals surface area contributed by atoms with Gasteiger partial charge in [0.1, 0.15) is 4.70 Å². The largest absolute Gasteiger partial charge is 0.383 e. The van der Waals surface area contributed by atoms with E-state index in [4.69, 9.17) is 4.74 Å². The van der Waals surface area contributed by atoms with Gasteiger partial charge in [-0.3, -0.25) is 14.2 Å². The highest BCUT2D eigenvalue weighted by Gasteiger charge is 2.18. The van der Waals surface area contributed by atoms with Crippen molar-refractivity contribution in [3.05, 3.63) is 51.6 Å². The summed E-state index contributed by atoms with van der Waals surface area (Å²) in [4.78, 5) is 32.0. The molecule has 1 amide bonds. The number of anilines is 1. The van der Waals surface area contributed by atoms with Crippen LogP contribution < -0.4 is 10.5 Å². The van der Waals surface area contributed by atoms with Crippen LogP contribution in [0.3, 0.4) is 0 Å². The molecule has 0 N–H and O–H groups in total. The molecule has 3 aromatic rings. The van der Waals surface area contributed by atoms with Gasteiger partial charge in [0.05, 0.1) is 24.4 Å². The number of ether oxygens (including phenoxy) is 1. The third-order valence-corrected chi connectivity index (χ3v) is 6.16. The van der Waals surface area contributed by atoms with Crippen LogP contribution in [0.1, 0.15) is 12.5 Å². The molecule has 6 nitrogen and oxygen atoms in total. The Bertz CT molecular complexity index is 1030. The van der Waals surface area contributed by atoms with Crippen LogP contribution in [0.4, 0.5) is 5.69 Å². The van der Waals surface area contributed by atoms with Crippen LogP contribution in [0.25, 0.3) is 10.2 Å². The lowest BCUT2D eigenvalue weighted by molar-refractivity contribution is -0.116. The van der Waals surface area contributed by atoms with Crippen LogP contribution in [0.15, 0.2) is 45.7 Å². The van der Waals surface area contributed by atoms with Crippen molar-refractivity contribution in [1.82, 2.24) is 9.55 Å². The first-order valence-electron chi connectivity index (χ1n) is 9.02. The van der Waals surface area contributed by atoms with Crippen LogP contribution in [0, 0.1) is 6.92 Å². The Morgan fingerprint density at radius 3 is 2.89 bits per heavy atom. The quantitative estimate of drug-likeness (QED) is 0.414. The zero-order chi connectivity index (χ0) is 20.1. The highest BCUT2D eigenvalue weighted by molar-refractivity contribution is 7.99. The van der Waals surface area contributed by atoms with Gasteiger partial charge in [-0.1, -0.05) is 23.9 Å². The summed E-state index contributed by atoms with van der Waals surface area (Å²) in [5, 5.41) is 2.40. The number of hydrogen-bond donors (Lipinski definition) is 0. The first-order valence-corrected chi connectivity index (χ1v) is 10.9. The Morgan fingerprint density at radius 2 is 2.18 bits per heavy atom. The Labute approximate surface area is 172 Å². The predicted octanol–water partition coefficient (Wildman–Crippen LogP) is 3.56. The minimum atomic E-state index is -0.0852. The van der Waals surface area contributed by atoms with Crippen LogP contribution >= 0.6 is 23.1 Å².